The molecule has 4 nitrogen and oxygen atoms in total. The Morgan fingerprint density at radius 3 is 2.85 bits per heavy atom. The van der Waals surface area contributed by atoms with E-state index in [9.17, 15) is 0 Å². The summed E-state index contributed by atoms with van der Waals surface area (Å²) in [6.45, 7) is 0.752. The molecule has 2 heterocycles. The molecule has 5 heteroatoms. The summed E-state index contributed by atoms with van der Waals surface area (Å²) in [6, 6.07) is 15.6. The van der Waals surface area contributed by atoms with E-state index in [4.69, 9.17) is 5.26 Å². The second kappa shape index (κ2) is 5.68. The van der Waals surface area contributed by atoms with Crippen molar-refractivity contribution in [2.24, 2.45) is 0 Å². The zero-order valence-corrected chi connectivity index (χ0v) is 11.5. The highest BCUT2D eigenvalue weighted by atomic mass is 32.1. The largest absolute Gasteiger partial charge is 0.370 e. The summed E-state index contributed by atoms with van der Waals surface area (Å²) in [5.41, 5.74) is 1.48. The Morgan fingerprint density at radius 1 is 1.10 bits per heavy atom. The third-order valence-corrected chi connectivity index (χ3v) is 3.94. The van der Waals surface area contributed by atoms with Gasteiger partial charge in [-0.2, -0.15) is 5.26 Å². The number of nitrogens with one attached hydrogen (secondary N) is 1. The maximum Gasteiger partial charge on any atom is 0.142 e. The Labute approximate surface area is 120 Å². The van der Waals surface area contributed by atoms with Crippen LogP contribution in [0.1, 0.15) is 10.7 Å². The number of benzene rings is 1. The van der Waals surface area contributed by atoms with E-state index in [0.29, 0.717) is 5.69 Å². The molecule has 0 aliphatic heterocycles. The van der Waals surface area contributed by atoms with Gasteiger partial charge in [0.2, 0.25) is 0 Å². The van der Waals surface area contributed by atoms with Gasteiger partial charge in [0.1, 0.15) is 17.6 Å². The lowest BCUT2D eigenvalue weighted by Gasteiger charge is -2.03. The summed E-state index contributed by atoms with van der Waals surface area (Å²) in [5.74, 6) is 0.727. The number of para-hydroxylation sites is 1. The maximum atomic E-state index is 8.80. The first-order valence-corrected chi connectivity index (χ1v) is 7.12. The van der Waals surface area contributed by atoms with Crippen LogP contribution >= 0.6 is 11.3 Å². The Kier molecular flexibility index (Phi) is 3.57. The number of pyridine rings is 1. The van der Waals surface area contributed by atoms with Crippen molar-refractivity contribution in [2.45, 2.75) is 6.42 Å². The molecule has 3 rings (SSSR count). The van der Waals surface area contributed by atoms with Crippen LogP contribution in [0.2, 0.25) is 0 Å². The third-order valence-electron chi connectivity index (χ3n) is 2.85. The molecule has 0 radical (unpaired) electrons. The molecule has 1 aromatic carbocycles. The first-order valence-electron chi connectivity index (χ1n) is 6.30. The van der Waals surface area contributed by atoms with Gasteiger partial charge in [0.05, 0.1) is 15.2 Å². The molecular formula is C15H12N4S. The molecule has 0 bridgehead atoms. The van der Waals surface area contributed by atoms with Crippen molar-refractivity contribution in [2.75, 3.05) is 11.9 Å². The van der Waals surface area contributed by atoms with Crippen LogP contribution in [-0.2, 0) is 6.42 Å². The highest BCUT2D eigenvalue weighted by Gasteiger charge is 2.03. The SMILES string of the molecule is N#Cc1cccc(NCCc2nc3ccccc3s2)n1. The molecule has 3 aromatic rings. The molecule has 0 saturated carbocycles. The van der Waals surface area contributed by atoms with Crippen molar-refractivity contribution < 1.29 is 0 Å². The van der Waals surface area contributed by atoms with Crippen molar-refractivity contribution in [1.29, 1.82) is 5.26 Å². The highest BCUT2D eigenvalue weighted by molar-refractivity contribution is 7.18. The van der Waals surface area contributed by atoms with Crippen LogP contribution in [0.5, 0.6) is 0 Å². The summed E-state index contributed by atoms with van der Waals surface area (Å²) >= 11 is 1.72. The van der Waals surface area contributed by atoms with Crippen molar-refractivity contribution in [1.82, 2.24) is 9.97 Å². The van der Waals surface area contributed by atoms with Crippen LogP contribution in [0.15, 0.2) is 42.5 Å². The second-order valence-electron chi connectivity index (χ2n) is 4.27. The highest BCUT2D eigenvalue weighted by Crippen LogP contribution is 2.21. The molecule has 0 aliphatic rings. The second-order valence-corrected chi connectivity index (χ2v) is 5.39. The summed E-state index contributed by atoms with van der Waals surface area (Å²) < 4.78 is 1.21. The van der Waals surface area contributed by atoms with Crippen LogP contribution in [-0.4, -0.2) is 16.5 Å². The van der Waals surface area contributed by atoms with Gasteiger partial charge in [-0.3, -0.25) is 0 Å². The Bertz CT molecular complexity index is 740. The molecule has 0 aliphatic carbocycles. The van der Waals surface area contributed by atoms with E-state index < -0.39 is 0 Å². The summed E-state index contributed by atoms with van der Waals surface area (Å²) in [4.78, 5) is 8.76. The predicted octanol–water partition coefficient (Wildman–Crippen LogP) is 3.22. The molecule has 2 aromatic heterocycles. The molecule has 0 unspecified atom stereocenters. The lowest BCUT2D eigenvalue weighted by atomic mass is 10.3. The Morgan fingerprint density at radius 2 is 2.00 bits per heavy atom. The number of thiazole rings is 1. The average molecular weight is 280 g/mol. The monoisotopic (exact) mass is 280 g/mol. The fourth-order valence-electron chi connectivity index (χ4n) is 1.92. The van der Waals surface area contributed by atoms with E-state index in [1.165, 1.54) is 4.70 Å². The van der Waals surface area contributed by atoms with Gasteiger partial charge in [-0.15, -0.1) is 11.3 Å². The molecule has 0 fully saturated rings. The first kappa shape index (κ1) is 12.6. The van der Waals surface area contributed by atoms with Crippen molar-refractivity contribution in [3.8, 4) is 6.07 Å². The fourth-order valence-corrected chi connectivity index (χ4v) is 2.89. The van der Waals surface area contributed by atoms with Crippen LogP contribution in [0.25, 0.3) is 10.2 Å². The van der Waals surface area contributed by atoms with Crippen LogP contribution in [0.4, 0.5) is 5.82 Å². The molecule has 0 amide bonds. The molecule has 0 atom stereocenters. The van der Waals surface area contributed by atoms with Gasteiger partial charge in [-0.1, -0.05) is 18.2 Å². The van der Waals surface area contributed by atoms with E-state index in [1.54, 1.807) is 17.4 Å². The van der Waals surface area contributed by atoms with E-state index in [0.717, 1.165) is 29.3 Å². The smallest absolute Gasteiger partial charge is 0.142 e. The number of rotatable bonds is 4. The number of fused-ring (bicyclic) bond motifs is 1. The average Bonchev–Trinajstić information content (AvgIpc) is 2.90. The molecule has 1 N–H and O–H groups in total. The van der Waals surface area contributed by atoms with Gasteiger partial charge in [0.25, 0.3) is 0 Å². The number of aromatic nitrogens is 2. The Hall–Kier alpha value is -2.45. The van der Waals surface area contributed by atoms with E-state index in [-0.39, 0.29) is 0 Å². The lowest BCUT2D eigenvalue weighted by Crippen LogP contribution is -2.06. The van der Waals surface area contributed by atoms with Gasteiger partial charge in [-0.25, -0.2) is 9.97 Å². The van der Waals surface area contributed by atoms with Gasteiger partial charge in [-0.05, 0) is 24.3 Å². The minimum Gasteiger partial charge on any atom is -0.370 e. The van der Waals surface area contributed by atoms with E-state index in [1.807, 2.05) is 36.4 Å². The number of hydrogen-bond donors (Lipinski definition) is 1. The van der Waals surface area contributed by atoms with Crippen LogP contribution < -0.4 is 5.32 Å². The standard InChI is InChI=1S/C15H12N4S/c16-10-11-4-3-7-14(18-11)17-9-8-15-19-12-5-1-2-6-13(12)20-15/h1-7H,8-9H2,(H,17,18). The number of anilines is 1. The minimum atomic E-state index is 0.426. The van der Waals surface area contributed by atoms with Gasteiger partial charge in [0.15, 0.2) is 0 Å². The predicted molar refractivity (Wildman–Crippen MR) is 80.8 cm³/mol. The van der Waals surface area contributed by atoms with E-state index in [2.05, 4.69) is 21.4 Å². The zero-order valence-electron chi connectivity index (χ0n) is 10.7. The molecular weight excluding hydrogens is 268 g/mol. The number of hydrogen-bond acceptors (Lipinski definition) is 5. The molecule has 20 heavy (non-hydrogen) atoms. The minimum absolute atomic E-state index is 0.426. The van der Waals surface area contributed by atoms with Crippen molar-refractivity contribution >= 4 is 27.4 Å². The van der Waals surface area contributed by atoms with Gasteiger partial charge in [0, 0.05) is 13.0 Å². The first-order chi connectivity index (χ1) is 9.85. The van der Waals surface area contributed by atoms with E-state index >= 15 is 0 Å². The zero-order chi connectivity index (χ0) is 13.8. The van der Waals surface area contributed by atoms with Crippen molar-refractivity contribution in [3.05, 3.63) is 53.2 Å². The van der Waals surface area contributed by atoms with Crippen molar-refractivity contribution in [3.63, 3.8) is 0 Å². The topological polar surface area (TPSA) is 61.6 Å². The number of nitriles is 1. The van der Waals surface area contributed by atoms with Gasteiger partial charge < -0.3 is 5.32 Å². The van der Waals surface area contributed by atoms with Crippen LogP contribution in [0, 0.1) is 11.3 Å². The fraction of sp³-hybridized carbons (Fsp3) is 0.133. The summed E-state index contributed by atoms with van der Waals surface area (Å²) in [5, 5.41) is 13.1. The molecule has 98 valence electrons. The quantitative estimate of drug-likeness (QED) is 0.797. The van der Waals surface area contributed by atoms with Crippen LogP contribution in [0.3, 0.4) is 0 Å². The maximum absolute atomic E-state index is 8.80. The number of nitrogens with zero attached hydrogens (tertiary/aromatic N) is 3. The summed E-state index contributed by atoms with van der Waals surface area (Å²) in [6.07, 6.45) is 0.845. The third kappa shape index (κ3) is 2.76. The summed E-state index contributed by atoms with van der Waals surface area (Å²) in [7, 11) is 0. The molecule has 0 spiro atoms. The Balaban J connectivity index is 1.63. The normalized spacial score (nSPS) is 10.3. The molecule has 0 saturated heterocycles. The van der Waals surface area contributed by atoms with Gasteiger partial charge >= 0.3 is 0 Å². The lowest BCUT2D eigenvalue weighted by molar-refractivity contribution is 0.992.